The lowest BCUT2D eigenvalue weighted by atomic mass is 10.3. The van der Waals surface area contributed by atoms with Crippen molar-refractivity contribution in [2.75, 3.05) is 18.8 Å². The first-order valence-corrected chi connectivity index (χ1v) is 6.38. The summed E-state index contributed by atoms with van der Waals surface area (Å²) >= 11 is 7.85. The minimum Gasteiger partial charge on any atom is -0.351 e. The van der Waals surface area contributed by atoms with Gasteiger partial charge in [0.2, 0.25) is 0 Å². The molecule has 1 aliphatic rings. The van der Waals surface area contributed by atoms with E-state index in [9.17, 15) is 0 Å². The first-order chi connectivity index (χ1) is 7.31. The molecule has 4 heteroatoms. The zero-order valence-corrected chi connectivity index (χ0v) is 10.2. The van der Waals surface area contributed by atoms with E-state index in [1.165, 1.54) is 0 Å². The Morgan fingerprint density at radius 2 is 2.27 bits per heavy atom. The molecule has 0 saturated carbocycles. The molecule has 2 rings (SSSR count). The van der Waals surface area contributed by atoms with Crippen molar-refractivity contribution >= 4 is 34.2 Å². The van der Waals surface area contributed by atoms with Gasteiger partial charge in [0.15, 0.2) is 5.17 Å². The molecule has 1 aromatic carbocycles. The quantitative estimate of drug-likeness (QED) is 0.788. The van der Waals surface area contributed by atoms with Crippen LogP contribution in [0.25, 0.3) is 0 Å². The number of hydrogen-bond donors (Lipinski definition) is 0. The van der Waals surface area contributed by atoms with Gasteiger partial charge in [0.1, 0.15) is 0 Å². The molecular weight excluding hydrogens is 228 g/mol. The molecule has 1 fully saturated rings. The highest BCUT2D eigenvalue weighted by molar-refractivity contribution is 8.14. The number of thioether (sulfide) groups is 1. The number of para-hydroxylation sites is 1. The van der Waals surface area contributed by atoms with E-state index in [0.717, 1.165) is 29.7 Å². The molecule has 80 valence electrons. The van der Waals surface area contributed by atoms with Gasteiger partial charge in [-0.05, 0) is 19.1 Å². The molecule has 0 aromatic heterocycles. The first kappa shape index (κ1) is 10.8. The lowest BCUT2D eigenvalue weighted by Crippen LogP contribution is -2.23. The summed E-state index contributed by atoms with van der Waals surface area (Å²) in [5, 5.41) is 1.80. The molecule has 1 saturated heterocycles. The normalized spacial score (nSPS) is 18.8. The highest BCUT2D eigenvalue weighted by atomic mass is 35.5. The van der Waals surface area contributed by atoms with Gasteiger partial charge in [0, 0.05) is 18.8 Å². The maximum absolute atomic E-state index is 6.06. The average molecular weight is 241 g/mol. The Bertz CT molecular complexity index is 379. The van der Waals surface area contributed by atoms with Gasteiger partial charge in [0.05, 0.1) is 10.7 Å². The maximum Gasteiger partial charge on any atom is 0.164 e. The monoisotopic (exact) mass is 240 g/mol. The summed E-state index contributed by atoms with van der Waals surface area (Å²) in [7, 11) is 0. The number of aliphatic imine (C=N–C) groups is 1. The molecule has 1 heterocycles. The van der Waals surface area contributed by atoms with Crippen LogP contribution in [0.3, 0.4) is 0 Å². The summed E-state index contributed by atoms with van der Waals surface area (Å²) in [6.07, 6.45) is 0. The fourth-order valence-corrected chi connectivity index (χ4v) is 2.71. The molecule has 0 radical (unpaired) electrons. The van der Waals surface area contributed by atoms with Crippen LogP contribution in [0.2, 0.25) is 5.02 Å². The highest BCUT2D eigenvalue weighted by Crippen LogP contribution is 2.27. The summed E-state index contributed by atoms with van der Waals surface area (Å²) in [5.74, 6) is 1.12. The second-order valence-corrected chi connectivity index (χ2v) is 4.74. The highest BCUT2D eigenvalue weighted by Gasteiger charge is 2.17. The van der Waals surface area contributed by atoms with Crippen molar-refractivity contribution in [3.05, 3.63) is 29.3 Å². The lowest BCUT2D eigenvalue weighted by Gasteiger charge is -2.14. The van der Waals surface area contributed by atoms with Crippen molar-refractivity contribution in [2.24, 2.45) is 4.99 Å². The van der Waals surface area contributed by atoms with Gasteiger partial charge >= 0.3 is 0 Å². The van der Waals surface area contributed by atoms with Gasteiger partial charge < -0.3 is 4.90 Å². The maximum atomic E-state index is 6.06. The van der Waals surface area contributed by atoms with Gasteiger partial charge in [-0.3, -0.25) is 0 Å². The van der Waals surface area contributed by atoms with Crippen LogP contribution in [-0.4, -0.2) is 28.9 Å². The Morgan fingerprint density at radius 3 is 3.00 bits per heavy atom. The Kier molecular flexibility index (Phi) is 3.54. The van der Waals surface area contributed by atoms with Crippen LogP contribution in [0.15, 0.2) is 29.3 Å². The minimum atomic E-state index is 0.716. The number of rotatable bonds is 2. The largest absolute Gasteiger partial charge is 0.351 e. The summed E-state index contributed by atoms with van der Waals surface area (Å²) in [6, 6.07) is 7.70. The molecule has 0 atom stereocenters. The average Bonchev–Trinajstić information content (AvgIpc) is 2.69. The second kappa shape index (κ2) is 4.90. The van der Waals surface area contributed by atoms with Gasteiger partial charge in [-0.15, -0.1) is 0 Å². The molecule has 0 spiro atoms. The van der Waals surface area contributed by atoms with Crippen molar-refractivity contribution in [3.63, 3.8) is 0 Å². The Labute approximate surface area is 99.3 Å². The molecule has 1 aromatic rings. The third-order valence-electron chi connectivity index (χ3n) is 2.31. The SMILES string of the molecule is CCN1CCSC1=Nc1ccccc1Cl. The van der Waals surface area contributed by atoms with E-state index in [1.807, 2.05) is 24.3 Å². The molecule has 0 unspecified atom stereocenters. The summed E-state index contributed by atoms with van der Waals surface area (Å²) in [4.78, 5) is 6.86. The van der Waals surface area contributed by atoms with Crippen LogP contribution in [0.1, 0.15) is 6.92 Å². The summed E-state index contributed by atoms with van der Waals surface area (Å²) in [5.41, 5.74) is 0.863. The zero-order valence-electron chi connectivity index (χ0n) is 8.61. The molecule has 0 bridgehead atoms. The van der Waals surface area contributed by atoms with E-state index < -0.39 is 0 Å². The van der Waals surface area contributed by atoms with Gasteiger partial charge in [-0.25, -0.2) is 4.99 Å². The summed E-state index contributed by atoms with van der Waals surface area (Å²) in [6.45, 7) is 4.24. The Hall–Kier alpha value is -0.670. The van der Waals surface area contributed by atoms with Gasteiger partial charge in [0.25, 0.3) is 0 Å². The minimum absolute atomic E-state index is 0.716. The first-order valence-electron chi connectivity index (χ1n) is 5.02. The van der Waals surface area contributed by atoms with Crippen LogP contribution in [0.5, 0.6) is 0 Å². The molecule has 0 amide bonds. The number of nitrogens with zero attached hydrogens (tertiary/aromatic N) is 2. The smallest absolute Gasteiger partial charge is 0.164 e. The van der Waals surface area contributed by atoms with E-state index in [1.54, 1.807) is 11.8 Å². The van der Waals surface area contributed by atoms with Crippen LogP contribution in [-0.2, 0) is 0 Å². The van der Waals surface area contributed by atoms with E-state index in [0.29, 0.717) is 5.02 Å². The summed E-state index contributed by atoms with van der Waals surface area (Å²) < 4.78 is 0. The van der Waals surface area contributed by atoms with Crippen molar-refractivity contribution in [2.45, 2.75) is 6.92 Å². The Morgan fingerprint density at radius 1 is 1.47 bits per heavy atom. The second-order valence-electron chi connectivity index (χ2n) is 3.27. The fourth-order valence-electron chi connectivity index (χ4n) is 1.48. The van der Waals surface area contributed by atoms with Crippen molar-refractivity contribution < 1.29 is 0 Å². The van der Waals surface area contributed by atoms with Crippen LogP contribution < -0.4 is 0 Å². The Balaban J connectivity index is 2.26. The molecule has 1 aliphatic heterocycles. The van der Waals surface area contributed by atoms with Crippen LogP contribution in [0.4, 0.5) is 5.69 Å². The van der Waals surface area contributed by atoms with Crippen molar-refractivity contribution in [1.29, 1.82) is 0 Å². The molecule has 0 N–H and O–H groups in total. The lowest BCUT2D eigenvalue weighted by molar-refractivity contribution is 0.489. The van der Waals surface area contributed by atoms with Crippen LogP contribution >= 0.6 is 23.4 Å². The fraction of sp³-hybridized carbons (Fsp3) is 0.364. The van der Waals surface area contributed by atoms with Crippen LogP contribution in [0, 0.1) is 0 Å². The predicted molar refractivity (Wildman–Crippen MR) is 68.3 cm³/mol. The van der Waals surface area contributed by atoms with Gasteiger partial charge in [-0.2, -0.15) is 0 Å². The third-order valence-corrected chi connectivity index (χ3v) is 3.63. The zero-order chi connectivity index (χ0) is 10.7. The number of halogens is 1. The van der Waals surface area contributed by atoms with E-state index in [2.05, 4.69) is 16.8 Å². The molecule has 15 heavy (non-hydrogen) atoms. The van der Waals surface area contributed by atoms with Crippen molar-refractivity contribution in [1.82, 2.24) is 4.90 Å². The topological polar surface area (TPSA) is 15.6 Å². The van der Waals surface area contributed by atoms with E-state index >= 15 is 0 Å². The molecule has 0 aliphatic carbocycles. The number of amidine groups is 1. The number of benzene rings is 1. The molecule has 2 nitrogen and oxygen atoms in total. The third kappa shape index (κ3) is 2.47. The standard InChI is InChI=1S/C11H13ClN2S/c1-2-14-7-8-15-11(14)13-10-6-4-3-5-9(10)12/h3-6H,2,7-8H2,1H3. The van der Waals surface area contributed by atoms with E-state index in [4.69, 9.17) is 11.6 Å². The predicted octanol–water partition coefficient (Wildman–Crippen LogP) is 3.40. The van der Waals surface area contributed by atoms with E-state index in [-0.39, 0.29) is 0 Å². The molecular formula is C11H13ClN2S. The van der Waals surface area contributed by atoms with Gasteiger partial charge in [-0.1, -0.05) is 35.5 Å². The number of hydrogen-bond acceptors (Lipinski definition) is 2. The van der Waals surface area contributed by atoms with Crippen molar-refractivity contribution in [3.8, 4) is 0 Å².